The van der Waals surface area contributed by atoms with Crippen LogP contribution in [0.25, 0.3) is 0 Å². The van der Waals surface area contributed by atoms with Crippen molar-refractivity contribution in [2.24, 2.45) is 5.84 Å². The third-order valence-corrected chi connectivity index (χ3v) is 1.10. The minimum absolute atomic E-state index is 0.0509. The van der Waals surface area contributed by atoms with E-state index in [0.717, 1.165) is 0 Å². The maximum absolute atomic E-state index is 9.99. The summed E-state index contributed by atoms with van der Waals surface area (Å²) in [6.45, 7) is 0. The predicted octanol–water partition coefficient (Wildman–Crippen LogP) is 0.348. The van der Waals surface area contributed by atoms with Crippen LogP contribution in [0.3, 0.4) is 0 Å². The van der Waals surface area contributed by atoms with E-state index in [0.29, 0.717) is 5.75 Å². The average molecular weight is 169 g/mol. The zero-order valence-corrected chi connectivity index (χ0v) is 6.08. The number of hydrogen-bond donors (Lipinski definition) is 1. The van der Waals surface area contributed by atoms with Gasteiger partial charge in [0.1, 0.15) is 5.28 Å². The summed E-state index contributed by atoms with van der Waals surface area (Å²) in [7, 11) is 0. The van der Waals surface area contributed by atoms with Gasteiger partial charge in [-0.3, -0.25) is 0 Å². The zero-order valence-electron chi connectivity index (χ0n) is 6.08. The summed E-state index contributed by atoms with van der Waals surface area (Å²) in [5, 5.41) is 9.17. The molecular weight excluding hydrogens is 162 g/mol. The Morgan fingerprint density at radius 3 is 2.50 bits per heavy atom. The van der Waals surface area contributed by atoms with Gasteiger partial charge in [0, 0.05) is 0 Å². The Balaban J connectivity index is 2.58. The van der Waals surface area contributed by atoms with Crippen LogP contribution in [0, 0.1) is 10.1 Å². The highest BCUT2D eigenvalue weighted by atomic mass is 16.9. The summed E-state index contributed by atoms with van der Waals surface area (Å²) in [5.74, 6) is 5.18. The Bertz CT molecular complexity index is 264. The molecule has 0 amide bonds. The molecule has 0 aliphatic heterocycles. The van der Waals surface area contributed by atoms with Gasteiger partial charge in [0.25, 0.3) is 0 Å². The van der Waals surface area contributed by atoms with E-state index in [1.807, 2.05) is 0 Å². The molecule has 0 aliphatic carbocycles. The summed E-state index contributed by atoms with van der Waals surface area (Å²) in [6, 6.07) is 8.25. The van der Waals surface area contributed by atoms with E-state index in [1.165, 1.54) is 0 Å². The molecule has 1 rings (SSSR count). The molecule has 12 heavy (non-hydrogen) atoms. The molecule has 0 spiro atoms. The van der Waals surface area contributed by atoms with Crippen LogP contribution >= 0.6 is 0 Å². The highest BCUT2D eigenvalue weighted by Gasteiger charge is 2.08. The van der Waals surface area contributed by atoms with Gasteiger partial charge < -0.3 is 4.84 Å². The van der Waals surface area contributed by atoms with Gasteiger partial charge in [0.15, 0.2) is 5.75 Å². The second-order valence-electron chi connectivity index (χ2n) is 1.94. The first kappa shape index (κ1) is 8.28. The Labute approximate surface area is 68.2 Å². The Morgan fingerprint density at radius 1 is 1.42 bits per heavy atom. The molecule has 0 fully saturated rings. The van der Waals surface area contributed by atoms with Crippen molar-refractivity contribution in [1.82, 2.24) is 5.28 Å². The monoisotopic (exact) mass is 169 g/mol. The van der Waals surface area contributed by atoms with Gasteiger partial charge in [-0.1, -0.05) is 18.2 Å². The molecule has 64 valence electrons. The van der Waals surface area contributed by atoms with E-state index in [4.69, 9.17) is 5.84 Å². The second kappa shape index (κ2) is 3.54. The predicted molar refractivity (Wildman–Crippen MR) is 40.1 cm³/mol. The first-order valence-corrected chi connectivity index (χ1v) is 3.12. The molecule has 0 saturated heterocycles. The van der Waals surface area contributed by atoms with Crippen LogP contribution in [0.1, 0.15) is 0 Å². The van der Waals surface area contributed by atoms with Gasteiger partial charge in [0.2, 0.25) is 5.03 Å². The van der Waals surface area contributed by atoms with Crippen LogP contribution < -0.4 is 10.7 Å². The number of hydrazine groups is 2. The molecule has 0 radical (unpaired) electrons. The van der Waals surface area contributed by atoms with Crippen molar-refractivity contribution in [2.45, 2.75) is 0 Å². The number of hydrogen-bond acceptors (Lipinski definition) is 4. The van der Waals surface area contributed by atoms with Crippen LogP contribution in [0.4, 0.5) is 0 Å². The van der Waals surface area contributed by atoms with E-state index in [1.54, 1.807) is 30.3 Å². The summed E-state index contributed by atoms with van der Waals surface area (Å²) in [4.78, 5) is 14.6. The van der Waals surface area contributed by atoms with E-state index >= 15 is 0 Å². The second-order valence-corrected chi connectivity index (χ2v) is 1.94. The average Bonchev–Trinajstić information content (AvgIpc) is 2.06. The fraction of sp³-hybridized carbons (Fsp3) is 0. The number of nitrogens with two attached hydrogens (primary N) is 1. The maximum Gasteiger partial charge on any atom is 0.214 e. The van der Waals surface area contributed by atoms with Crippen molar-refractivity contribution in [3.63, 3.8) is 0 Å². The van der Waals surface area contributed by atoms with Gasteiger partial charge in [-0.05, 0) is 12.1 Å². The van der Waals surface area contributed by atoms with Crippen LogP contribution in [0.2, 0.25) is 0 Å². The van der Waals surface area contributed by atoms with Crippen molar-refractivity contribution in [2.75, 3.05) is 0 Å². The third kappa shape index (κ3) is 2.10. The van der Waals surface area contributed by atoms with Gasteiger partial charge in [-0.2, -0.15) is 5.84 Å². The topological polar surface area (TPSA) is 81.6 Å². The molecule has 0 unspecified atom stereocenters. The molecule has 6 heteroatoms. The number of para-hydroxylation sites is 1. The SMILES string of the molecule is NN(Oc1ccccc1)[N+](=O)[O-]. The minimum atomic E-state index is -0.868. The smallest absolute Gasteiger partial charge is 0.214 e. The normalized spacial score (nSPS) is 9.08. The largest absolute Gasteiger partial charge is 0.314 e. The first-order chi connectivity index (χ1) is 5.70. The number of nitro groups is 1. The lowest BCUT2D eigenvalue weighted by molar-refractivity contribution is -0.721. The van der Waals surface area contributed by atoms with Gasteiger partial charge in [-0.25, -0.2) is 10.1 Å². The molecule has 1 aromatic rings. The Hall–Kier alpha value is -1.82. The minimum Gasteiger partial charge on any atom is -0.314 e. The van der Waals surface area contributed by atoms with E-state index in [-0.39, 0.29) is 5.28 Å². The van der Waals surface area contributed by atoms with Crippen LogP contribution in [0.5, 0.6) is 5.75 Å². The lowest BCUT2D eigenvalue weighted by Crippen LogP contribution is -2.39. The third-order valence-electron chi connectivity index (χ3n) is 1.10. The van der Waals surface area contributed by atoms with E-state index in [2.05, 4.69) is 4.84 Å². The molecule has 0 aliphatic rings. The fourth-order valence-corrected chi connectivity index (χ4v) is 0.623. The number of benzene rings is 1. The van der Waals surface area contributed by atoms with Crippen molar-refractivity contribution < 1.29 is 9.87 Å². The summed E-state index contributed by atoms with van der Waals surface area (Å²) >= 11 is 0. The van der Waals surface area contributed by atoms with Gasteiger partial charge >= 0.3 is 0 Å². The number of rotatable bonds is 3. The lowest BCUT2D eigenvalue weighted by Gasteiger charge is -2.06. The fourth-order valence-electron chi connectivity index (χ4n) is 0.623. The lowest BCUT2D eigenvalue weighted by atomic mass is 10.3. The Morgan fingerprint density at radius 2 is 2.00 bits per heavy atom. The first-order valence-electron chi connectivity index (χ1n) is 3.12. The number of nitrogens with zero attached hydrogens (tertiary/aromatic N) is 2. The molecular formula is C6H7N3O3. The van der Waals surface area contributed by atoms with Gasteiger partial charge in [-0.15, -0.1) is 0 Å². The molecule has 0 bridgehead atoms. The maximum atomic E-state index is 9.99. The molecule has 0 saturated carbocycles. The van der Waals surface area contributed by atoms with Crippen LogP contribution in [0.15, 0.2) is 30.3 Å². The van der Waals surface area contributed by atoms with Crippen LogP contribution in [-0.2, 0) is 0 Å². The van der Waals surface area contributed by atoms with E-state index in [9.17, 15) is 10.1 Å². The highest BCUT2D eigenvalue weighted by Crippen LogP contribution is 2.08. The molecule has 0 heterocycles. The van der Waals surface area contributed by atoms with Crippen molar-refractivity contribution >= 4 is 0 Å². The molecule has 1 aromatic carbocycles. The summed E-state index contributed by atoms with van der Waals surface area (Å²) in [5.41, 5.74) is 0. The zero-order chi connectivity index (χ0) is 8.97. The molecule has 2 N–H and O–H groups in total. The quantitative estimate of drug-likeness (QED) is 0.401. The molecule has 6 nitrogen and oxygen atoms in total. The van der Waals surface area contributed by atoms with Gasteiger partial charge in [0.05, 0.1) is 0 Å². The van der Waals surface area contributed by atoms with E-state index < -0.39 is 5.03 Å². The molecule has 0 atom stereocenters. The van der Waals surface area contributed by atoms with Crippen LogP contribution in [-0.4, -0.2) is 10.3 Å². The van der Waals surface area contributed by atoms with Crippen molar-refractivity contribution in [1.29, 1.82) is 0 Å². The molecule has 0 aromatic heterocycles. The van der Waals surface area contributed by atoms with Crippen molar-refractivity contribution in [3.05, 3.63) is 40.4 Å². The van der Waals surface area contributed by atoms with Crippen molar-refractivity contribution in [3.8, 4) is 5.75 Å². The Kier molecular flexibility index (Phi) is 2.44. The standard InChI is InChI=1S/C6H7N3O3/c7-8(9(10)11)12-6-4-2-1-3-5-6/h1-5H,7H2. The summed E-state index contributed by atoms with van der Waals surface area (Å²) < 4.78 is 0. The summed E-state index contributed by atoms with van der Waals surface area (Å²) in [6.07, 6.45) is 0. The highest BCUT2D eigenvalue weighted by molar-refractivity contribution is 5.20.